The Balaban J connectivity index is 1.41. The first-order chi connectivity index (χ1) is 18.3. The Morgan fingerprint density at radius 3 is 2.45 bits per heavy atom. The van der Waals surface area contributed by atoms with Gasteiger partial charge in [-0.3, -0.25) is 4.90 Å². The summed E-state index contributed by atoms with van der Waals surface area (Å²) in [5, 5.41) is 2.98. The van der Waals surface area contributed by atoms with Crippen molar-refractivity contribution in [3.63, 3.8) is 0 Å². The van der Waals surface area contributed by atoms with Gasteiger partial charge in [0.25, 0.3) is 0 Å². The van der Waals surface area contributed by atoms with Gasteiger partial charge in [-0.15, -0.1) is 0 Å². The van der Waals surface area contributed by atoms with Gasteiger partial charge in [0, 0.05) is 54.6 Å². The van der Waals surface area contributed by atoms with Gasteiger partial charge in [-0.05, 0) is 43.5 Å². The molecule has 0 unspecified atom stereocenters. The van der Waals surface area contributed by atoms with E-state index in [1.165, 1.54) is 0 Å². The fraction of sp³-hybridized carbons (Fsp3) is 0.448. The molecule has 5 rings (SSSR count). The Morgan fingerprint density at radius 1 is 1.05 bits per heavy atom. The normalized spacial score (nSPS) is 19.9. The van der Waals surface area contributed by atoms with Crippen molar-refractivity contribution in [3.8, 4) is 17.2 Å². The Kier molecular flexibility index (Phi) is 6.86. The molecule has 2 aromatic carbocycles. The van der Waals surface area contributed by atoms with Crippen molar-refractivity contribution in [2.75, 3.05) is 46.3 Å². The number of fused-ring (bicyclic) bond motifs is 3. The van der Waals surface area contributed by atoms with Gasteiger partial charge in [-0.1, -0.05) is 19.1 Å². The molecule has 38 heavy (non-hydrogen) atoms. The molecular formula is C29H36N4O5. The number of carbonyl (C=O) groups excluding carboxylic acids is 2. The zero-order valence-electron chi connectivity index (χ0n) is 22.7. The number of hydrogen-bond donors (Lipinski definition) is 1. The maximum absolute atomic E-state index is 13.8. The molecule has 0 aliphatic carbocycles. The van der Waals surface area contributed by atoms with E-state index < -0.39 is 5.54 Å². The summed E-state index contributed by atoms with van der Waals surface area (Å²) >= 11 is 0. The van der Waals surface area contributed by atoms with Crippen molar-refractivity contribution in [2.24, 2.45) is 0 Å². The lowest BCUT2D eigenvalue weighted by Crippen LogP contribution is -2.55. The van der Waals surface area contributed by atoms with E-state index in [0.717, 1.165) is 22.6 Å². The summed E-state index contributed by atoms with van der Waals surface area (Å²) in [7, 11) is 4.90. The van der Waals surface area contributed by atoms with E-state index in [1.807, 2.05) is 52.0 Å². The molecule has 9 nitrogen and oxygen atoms in total. The van der Waals surface area contributed by atoms with Crippen molar-refractivity contribution in [3.05, 3.63) is 59.3 Å². The van der Waals surface area contributed by atoms with E-state index in [4.69, 9.17) is 14.2 Å². The molecule has 0 saturated carbocycles. The van der Waals surface area contributed by atoms with Crippen LogP contribution in [0.3, 0.4) is 0 Å². The second kappa shape index (κ2) is 10.1. The lowest BCUT2D eigenvalue weighted by atomic mass is 9.82. The van der Waals surface area contributed by atoms with E-state index in [1.54, 1.807) is 27.4 Å². The number of allylic oxidation sites excluding steroid dienone is 1. The first-order valence-corrected chi connectivity index (χ1v) is 13.1. The molecular weight excluding hydrogens is 484 g/mol. The molecule has 3 aliphatic heterocycles. The molecule has 4 amide bonds. The number of anilines is 1. The van der Waals surface area contributed by atoms with Crippen LogP contribution in [0.2, 0.25) is 0 Å². The van der Waals surface area contributed by atoms with Crippen LogP contribution >= 0.6 is 0 Å². The number of nitrogens with zero attached hydrogens (tertiary/aromatic N) is 3. The number of ether oxygens (including phenoxy) is 3. The average Bonchev–Trinajstić information content (AvgIpc) is 3.03. The number of carbonyl (C=O) groups is 2. The predicted molar refractivity (Wildman–Crippen MR) is 145 cm³/mol. The summed E-state index contributed by atoms with van der Waals surface area (Å²) in [4.78, 5) is 32.6. The third-order valence-electron chi connectivity index (χ3n) is 8.11. The van der Waals surface area contributed by atoms with Gasteiger partial charge >= 0.3 is 12.1 Å². The molecule has 2 fully saturated rings. The summed E-state index contributed by atoms with van der Waals surface area (Å²) in [6.07, 6.45) is 3.56. The van der Waals surface area contributed by atoms with Crippen molar-refractivity contribution in [1.82, 2.24) is 14.7 Å². The van der Waals surface area contributed by atoms with Crippen molar-refractivity contribution >= 4 is 17.7 Å². The Bertz CT molecular complexity index is 1270. The average molecular weight is 521 g/mol. The molecule has 2 saturated heterocycles. The fourth-order valence-corrected chi connectivity index (χ4v) is 6.25. The minimum absolute atomic E-state index is 0.00914. The van der Waals surface area contributed by atoms with Crippen LogP contribution in [0.4, 0.5) is 15.3 Å². The second-order valence-electron chi connectivity index (χ2n) is 10.0. The third-order valence-corrected chi connectivity index (χ3v) is 8.11. The molecule has 9 heteroatoms. The second-order valence-corrected chi connectivity index (χ2v) is 10.0. The standard InChI is InChI=1S/C29H36N4O5/c1-6-33-28(35)32-18-20-15-23(37-4)17-24(38-5)26(20)19(2)14-25(32)29(33)10-12-31(13-11-29)27(34)30-21-8-7-9-22(16-21)36-3/h7-9,14-17,19H,6,10-13,18H2,1-5H3,(H,30,34)/t19-/m0/s1. The Morgan fingerprint density at radius 2 is 1.79 bits per heavy atom. The van der Waals surface area contributed by atoms with Crippen LogP contribution in [-0.2, 0) is 6.54 Å². The smallest absolute Gasteiger partial charge is 0.325 e. The van der Waals surface area contributed by atoms with Crippen LogP contribution in [-0.4, -0.2) is 73.3 Å². The van der Waals surface area contributed by atoms with Gasteiger partial charge in [0.2, 0.25) is 0 Å². The maximum atomic E-state index is 13.8. The summed E-state index contributed by atoms with van der Waals surface area (Å²) in [6.45, 7) is 6.32. The molecule has 2 aromatic rings. The highest BCUT2D eigenvalue weighted by atomic mass is 16.5. The minimum atomic E-state index is -0.452. The van der Waals surface area contributed by atoms with Gasteiger partial charge in [-0.2, -0.15) is 0 Å². The number of piperidine rings is 1. The quantitative estimate of drug-likeness (QED) is 0.597. The lowest BCUT2D eigenvalue weighted by molar-refractivity contribution is 0.106. The van der Waals surface area contributed by atoms with E-state index in [2.05, 4.69) is 18.3 Å². The summed E-state index contributed by atoms with van der Waals surface area (Å²) in [5.41, 5.74) is 3.37. The predicted octanol–water partition coefficient (Wildman–Crippen LogP) is 5.04. The highest BCUT2D eigenvalue weighted by molar-refractivity contribution is 5.90. The zero-order valence-corrected chi connectivity index (χ0v) is 22.7. The highest BCUT2D eigenvalue weighted by Gasteiger charge is 2.55. The number of nitrogens with one attached hydrogen (secondary N) is 1. The lowest BCUT2D eigenvalue weighted by Gasteiger charge is -2.44. The molecule has 0 radical (unpaired) electrons. The molecule has 202 valence electrons. The molecule has 1 atom stereocenters. The Hall–Kier alpha value is -3.88. The van der Waals surface area contributed by atoms with Gasteiger partial charge in [0.05, 0.1) is 33.4 Å². The maximum Gasteiger partial charge on any atom is 0.325 e. The highest BCUT2D eigenvalue weighted by Crippen LogP contribution is 2.49. The van der Waals surface area contributed by atoms with Crippen LogP contribution in [0.5, 0.6) is 17.2 Å². The number of rotatable bonds is 5. The molecule has 3 aliphatic rings. The van der Waals surface area contributed by atoms with Gasteiger partial charge < -0.3 is 29.3 Å². The summed E-state index contributed by atoms with van der Waals surface area (Å²) in [6, 6.07) is 11.1. The number of hydrogen-bond acceptors (Lipinski definition) is 5. The van der Waals surface area contributed by atoms with Gasteiger partial charge in [-0.25, -0.2) is 9.59 Å². The van der Waals surface area contributed by atoms with Crippen LogP contribution < -0.4 is 19.5 Å². The van der Waals surface area contributed by atoms with Gasteiger partial charge in [0.15, 0.2) is 0 Å². The van der Waals surface area contributed by atoms with E-state index in [-0.39, 0.29) is 18.0 Å². The number of benzene rings is 2. The molecule has 1 spiro atoms. The number of likely N-dealkylation sites (N-methyl/N-ethyl adjacent to an activating group) is 1. The molecule has 1 N–H and O–H groups in total. The Labute approximate surface area is 223 Å². The van der Waals surface area contributed by atoms with Gasteiger partial charge in [0.1, 0.15) is 17.2 Å². The van der Waals surface area contributed by atoms with Crippen LogP contribution in [0.25, 0.3) is 0 Å². The largest absolute Gasteiger partial charge is 0.497 e. The number of likely N-dealkylation sites (tertiary alicyclic amines) is 1. The first kappa shape index (κ1) is 25.8. The van der Waals surface area contributed by atoms with Crippen LogP contribution in [0.15, 0.2) is 48.2 Å². The van der Waals surface area contributed by atoms with E-state index in [9.17, 15) is 9.59 Å². The number of urea groups is 2. The summed E-state index contributed by atoms with van der Waals surface area (Å²) < 4.78 is 16.5. The molecule has 3 heterocycles. The SMILES string of the molecule is CCN1C(=O)N2Cc3cc(OC)cc(OC)c3[C@@H](C)C=C2C12CCN(C(=O)Nc1cccc(OC)c1)CC2. The summed E-state index contributed by atoms with van der Waals surface area (Å²) in [5.74, 6) is 2.21. The number of methoxy groups -OCH3 is 3. The first-order valence-electron chi connectivity index (χ1n) is 13.1. The van der Waals surface area contributed by atoms with E-state index in [0.29, 0.717) is 56.2 Å². The van der Waals surface area contributed by atoms with Crippen molar-refractivity contribution < 1.29 is 23.8 Å². The molecule has 0 aromatic heterocycles. The fourth-order valence-electron chi connectivity index (χ4n) is 6.25. The third kappa shape index (κ3) is 4.19. The topological polar surface area (TPSA) is 83.6 Å². The zero-order chi connectivity index (χ0) is 27.0. The monoisotopic (exact) mass is 520 g/mol. The van der Waals surface area contributed by atoms with Crippen LogP contribution in [0.1, 0.15) is 43.7 Å². The molecule has 0 bridgehead atoms. The van der Waals surface area contributed by atoms with Crippen molar-refractivity contribution in [1.29, 1.82) is 0 Å². The van der Waals surface area contributed by atoms with Crippen LogP contribution in [0, 0.1) is 0 Å². The van der Waals surface area contributed by atoms with E-state index >= 15 is 0 Å². The van der Waals surface area contributed by atoms with Crippen molar-refractivity contribution in [2.45, 2.75) is 44.7 Å². The minimum Gasteiger partial charge on any atom is -0.497 e. The number of amides is 4.